The van der Waals surface area contributed by atoms with Crippen LogP contribution in [0.1, 0.15) is 10.4 Å². The average Bonchev–Trinajstić information content (AvgIpc) is 3.37. The summed E-state index contributed by atoms with van der Waals surface area (Å²) in [5.41, 5.74) is 2.65. The summed E-state index contributed by atoms with van der Waals surface area (Å²) in [5.74, 6) is 0. The number of rotatable bonds is 2. The zero-order valence-corrected chi connectivity index (χ0v) is 16.2. The molecule has 0 unspecified atom stereocenters. The van der Waals surface area contributed by atoms with E-state index in [0.717, 1.165) is 20.6 Å². The van der Waals surface area contributed by atoms with Crippen LogP contribution in [0.25, 0.3) is 11.1 Å². The summed E-state index contributed by atoms with van der Waals surface area (Å²) in [6, 6.07) is 22.9. The first-order valence-electron chi connectivity index (χ1n) is 8.27. The molecular formula is C21H15O2PS2. The molecule has 3 heterocycles. The first-order chi connectivity index (χ1) is 12.7. The fourth-order valence-corrected chi connectivity index (χ4v) is 10.3. The van der Waals surface area contributed by atoms with Crippen LogP contribution in [0.5, 0.6) is 0 Å². The van der Waals surface area contributed by atoms with Crippen molar-refractivity contribution in [3.05, 3.63) is 94.0 Å². The van der Waals surface area contributed by atoms with Crippen LogP contribution in [0.3, 0.4) is 0 Å². The molecule has 4 aromatic rings. The Labute approximate surface area is 159 Å². The van der Waals surface area contributed by atoms with Crippen molar-refractivity contribution in [2.24, 2.45) is 0 Å². The Morgan fingerprint density at radius 3 is 2.12 bits per heavy atom. The van der Waals surface area contributed by atoms with Gasteiger partial charge in [-0.1, -0.05) is 60.7 Å². The summed E-state index contributed by atoms with van der Waals surface area (Å²) in [4.78, 5) is 0.766. The third kappa shape index (κ3) is 1.93. The predicted molar refractivity (Wildman–Crippen MR) is 110 cm³/mol. The van der Waals surface area contributed by atoms with Crippen LogP contribution in [0, 0.1) is 0 Å². The van der Waals surface area contributed by atoms with E-state index in [0.29, 0.717) is 10.9 Å². The number of hydrogen-bond donors (Lipinski definition) is 1. The molecule has 0 amide bonds. The smallest absolute Gasteiger partial charge is 0.193 e. The minimum absolute atomic E-state index is 0.676. The molecule has 5 heteroatoms. The summed E-state index contributed by atoms with van der Waals surface area (Å²) in [6.07, 6.45) is 0. The predicted octanol–water partition coefficient (Wildman–Crippen LogP) is 5.00. The molecule has 128 valence electrons. The van der Waals surface area contributed by atoms with Crippen molar-refractivity contribution >= 4 is 39.7 Å². The fraction of sp³-hybridized carbons (Fsp3) is 0.0476. The summed E-state index contributed by atoms with van der Waals surface area (Å²) >= 11 is 2.95. The van der Waals surface area contributed by atoms with Crippen LogP contribution in [-0.2, 0) is 9.91 Å². The van der Waals surface area contributed by atoms with Gasteiger partial charge in [0.25, 0.3) is 0 Å². The Bertz CT molecular complexity index is 1130. The topological polar surface area (TPSA) is 37.3 Å². The molecule has 5 rings (SSSR count). The van der Waals surface area contributed by atoms with Crippen LogP contribution in [0.15, 0.2) is 83.6 Å². The first kappa shape index (κ1) is 16.2. The van der Waals surface area contributed by atoms with Gasteiger partial charge in [0, 0.05) is 16.4 Å². The SMILES string of the molecule is O=[P@]1(c2ccccc2)c2sccc2-c2ccsc2[C@]1(O)c1ccccc1. The standard InChI is InChI=1S/C21H15O2PS2/c22-21(15-7-3-1-4-8-15)19-17(11-13-25-19)18-12-14-26-20(18)24(21,23)16-9-5-2-6-10-16/h1-14,22H/t21-,24+/m0/s1. The number of thiophene rings is 2. The van der Waals surface area contributed by atoms with Gasteiger partial charge in [-0.2, -0.15) is 0 Å². The van der Waals surface area contributed by atoms with Crippen LogP contribution in [0.4, 0.5) is 0 Å². The lowest BCUT2D eigenvalue weighted by Gasteiger charge is -2.40. The number of fused-ring (bicyclic) bond motifs is 3. The first-order valence-corrected chi connectivity index (χ1v) is 11.7. The van der Waals surface area contributed by atoms with Crippen molar-refractivity contribution in [2.45, 2.75) is 5.34 Å². The molecule has 0 saturated carbocycles. The van der Waals surface area contributed by atoms with Crippen molar-refractivity contribution in [2.75, 3.05) is 0 Å². The van der Waals surface area contributed by atoms with Crippen LogP contribution < -0.4 is 9.92 Å². The second-order valence-corrected chi connectivity index (χ2v) is 11.3. The molecule has 2 aromatic carbocycles. The van der Waals surface area contributed by atoms with Gasteiger partial charge in [0.1, 0.15) is 0 Å². The lowest BCUT2D eigenvalue weighted by Crippen LogP contribution is -2.38. The molecular weight excluding hydrogens is 379 g/mol. The third-order valence-electron chi connectivity index (χ3n) is 4.95. The zero-order valence-electron chi connectivity index (χ0n) is 13.7. The maximum atomic E-state index is 14.8. The van der Waals surface area contributed by atoms with Gasteiger partial charge in [0.15, 0.2) is 12.5 Å². The highest BCUT2D eigenvalue weighted by atomic mass is 32.1. The maximum Gasteiger partial charge on any atom is 0.193 e. The van der Waals surface area contributed by atoms with Crippen molar-refractivity contribution in [1.29, 1.82) is 0 Å². The summed E-state index contributed by atoms with van der Waals surface area (Å²) in [6.45, 7) is 0. The quantitative estimate of drug-likeness (QED) is 0.486. The third-order valence-corrected chi connectivity index (χ3v) is 11.2. The Kier molecular flexibility index (Phi) is 3.60. The molecule has 0 radical (unpaired) electrons. The van der Waals surface area contributed by atoms with Gasteiger partial charge in [0.2, 0.25) is 0 Å². The highest BCUT2D eigenvalue weighted by Gasteiger charge is 2.57. The van der Waals surface area contributed by atoms with Gasteiger partial charge in [0.05, 0.1) is 9.50 Å². The molecule has 1 aliphatic rings. The summed E-state index contributed by atoms with van der Waals surface area (Å²) < 4.78 is 15.6. The lowest BCUT2D eigenvalue weighted by molar-refractivity contribution is 0.172. The monoisotopic (exact) mass is 394 g/mol. The largest absolute Gasteiger partial charge is 0.372 e. The Morgan fingerprint density at radius 1 is 0.769 bits per heavy atom. The Hall–Kier alpha value is -1.97. The van der Waals surface area contributed by atoms with E-state index in [1.54, 1.807) is 0 Å². The van der Waals surface area contributed by atoms with Gasteiger partial charge >= 0.3 is 0 Å². The van der Waals surface area contributed by atoms with E-state index in [1.165, 1.54) is 22.7 Å². The number of hydrogen-bond acceptors (Lipinski definition) is 4. The molecule has 0 bridgehead atoms. The second kappa shape index (κ2) is 5.77. The second-order valence-electron chi connectivity index (χ2n) is 6.29. The Morgan fingerprint density at radius 2 is 1.38 bits per heavy atom. The van der Waals surface area contributed by atoms with E-state index in [4.69, 9.17) is 0 Å². The van der Waals surface area contributed by atoms with E-state index in [2.05, 4.69) is 0 Å². The molecule has 2 atom stereocenters. The normalized spacial score (nSPS) is 24.0. The van der Waals surface area contributed by atoms with Crippen LogP contribution >= 0.6 is 29.8 Å². The maximum absolute atomic E-state index is 14.8. The minimum atomic E-state index is -3.37. The van der Waals surface area contributed by atoms with Crippen molar-refractivity contribution in [1.82, 2.24) is 0 Å². The van der Waals surface area contributed by atoms with Gasteiger partial charge < -0.3 is 9.67 Å². The number of benzene rings is 2. The molecule has 0 fully saturated rings. The average molecular weight is 394 g/mol. The molecule has 26 heavy (non-hydrogen) atoms. The van der Waals surface area contributed by atoms with Gasteiger partial charge in [-0.25, -0.2) is 0 Å². The molecule has 1 N–H and O–H groups in total. The molecule has 0 spiro atoms. The van der Waals surface area contributed by atoms with E-state index >= 15 is 0 Å². The van der Waals surface area contributed by atoms with Crippen LogP contribution in [0.2, 0.25) is 0 Å². The fourth-order valence-electron chi connectivity index (χ4n) is 3.76. The molecule has 0 saturated heterocycles. The summed E-state index contributed by atoms with van der Waals surface area (Å²) in [7, 11) is -3.37. The van der Waals surface area contributed by atoms with E-state index < -0.39 is 12.5 Å². The van der Waals surface area contributed by atoms with Gasteiger partial charge in [-0.3, -0.25) is 0 Å². The van der Waals surface area contributed by atoms with E-state index in [9.17, 15) is 9.67 Å². The molecule has 2 nitrogen and oxygen atoms in total. The van der Waals surface area contributed by atoms with Crippen molar-refractivity contribution < 1.29 is 9.67 Å². The van der Waals surface area contributed by atoms with Gasteiger partial charge in [-0.05, 0) is 28.5 Å². The molecule has 2 aromatic heterocycles. The molecule has 1 aliphatic heterocycles. The van der Waals surface area contributed by atoms with E-state index in [-0.39, 0.29) is 0 Å². The Balaban J connectivity index is 1.95. The summed E-state index contributed by atoms with van der Waals surface area (Å²) in [5, 5.41) is 15.2. The lowest BCUT2D eigenvalue weighted by atomic mass is 10.0. The van der Waals surface area contributed by atoms with E-state index in [1.807, 2.05) is 83.6 Å². The van der Waals surface area contributed by atoms with Crippen molar-refractivity contribution in [3.8, 4) is 11.1 Å². The highest BCUT2D eigenvalue weighted by molar-refractivity contribution is 7.84. The zero-order chi connectivity index (χ0) is 17.8. The minimum Gasteiger partial charge on any atom is -0.372 e. The van der Waals surface area contributed by atoms with Crippen LogP contribution in [-0.4, -0.2) is 5.11 Å². The van der Waals surface area contributed by atoms with Gasteiger partial charge in [-0.15, -0.1) is 22.7 Å². The highest BCUT2D eigenvalue weighted by Crippen LogP contribution is 2.69. The number of aliphatic hydroxyl groups is 1. The molecule has 0 aliphatic carbocycles. The van der Waals surface area contributed by atoms with Crippen molar-refractivity contribution in [3.63, 3.8) is 0 Å².